The Morgan fingerprint density at radius 3 is 2.56 bits per heavy atom. The lowest BCUT2D eigenvalue weighted by molar-refractivity contribution is -0.0984. The van der Waals surface area contributed by atoms with E-state index in [-0.39, 0.29) is 0 Å². The van der Waals surface area contributed by atoms with E-state index in [0.717, 1.165) is 18.4 Å². The predicted molar refractivity (Wildman–Crippen MR) is 66.5 cm³/mol. The molecule has 0 aromatic rings. The van der Waals surface area contributed by atoms with E-state index in [2.05, 4.69) is 31.4 Å². The van der Waals surface area contributed by atoms with E-state index in [1.807, 2.05) is 7.11 Å². The third kappa shape index (κ3) is 2.13. The van der Waals surface area contributed by atoms with E-state index in [0.29, 0.717) is 17.6 Å². The van der Waals surface area contributed by atoms with Gasteiger partial charge in [0, 0.05) is 18.6 Å². The van der Waals surface area contributed by atoms with Crippen LogP contribution in [0.3, 0.4) is 0 Å². The highest BCUT2D eigenvalue weighted by molar-refractivity contribution is 5.02. The summed E-state index contributed by atoms with van der Waals surface area (Å²) in [7, 11) is 1.82. The Hall–Kier alpha value is -0.120. The normalized spacial score (nSPS) is 35.2. The van der Waals surface area contributed by atoms with Crippen molar-refractivity contribution in [1.29, 1.82) is 0 Å². The van der Waals surface area contributed by atoms with Crippen LogP contribution in [-0.2, 0) is 4.74 Å². The van der Waals surface area contributed by atoms with Gasteiger partial charge in [-0.1, -0.05) is 20.8 Å². The Bertz CT molecular complexity index is 238. The van der Waals surface area contributed by atoms with Crippen molar-refractivity contribution >= 4 is 0 Å². The molecule has 3 atom stereocenters. The Labute approximate surface area is 99.3 Å². The molecule has 1 saturated heterocycles. The number of rotatable bonds is 5. The monoisotopic (exact) mass is 226 g/mol. The number of methoxy groups -OCH3 is 1. The van der Waals surface area contributed by atoms with Gasteiger partial charge in [0.05, 0.1) is 6.10 Å². The average molecular weight is 226 g/mol. The lowest BCUT2D eigenvalue weighted by atomic mass is 9.64. The molecule has 0 spiro atoms. The molecule has 3 unspecified atom stereocenters. The molecule has 2 fully saturated rings. The summed E-state index contributed by atoms with van der Waals surface area (Å²) in [6.45, 7) is 10.5. The van der Waals surface area contributed by atoms with Crippen LogP contribution in [0.1, 0.15) is 27.2 Å². The highest BCUT2D eigenvalue weighted by atomic mass is 16.5. The topological polar surface area (TPSA) is 33.3 Å². The third-order valence-electron chi connectivity index (χ3n) is 4.77. The molecule has 3 nitrogen and oxygen atoms in total. The van der Waals surface area contributed by atoms with Crippen LogP contribution in [0.25, 0.3) is 0 Å². The minimum Gasteiger partial charge on any atom is -0.381 e. The molecule has 1 aliphatic heterocycles. The van der Waals surface area contributed by atoms with Gasteiger partial charge >= 0.3 is 0 Å². The predicted octanol–water partition coefficient (Wildman–Crippen LogP) is 1.24. The first-order chi connectivity index (χ1) is 7.55. The van der Waals surface area contributed by atoms with E-state index >= 15 is 0 Å². The summed E-state index contributed by atoms with van der Waals surface area (Å²) in [6, 6.07) is 0.632. The van der Waals surface area contributed by atoms with Crippen LogP contribution >= 0.6 is 0 Å². The fraction of sp³-hybridized carbons (Fsp3) is 1.00. The van der Waals surface area contributed by atoms with Crippen molar-refractivity contribution in [2.45, 2.75) is 39.3 Å². The molecule has 16 heavy (non-hydrogen) atoms. The van der Waals surface area contributed by atoms with Crippen LogP contribution in [0.5, 0.6) is 0 Å². The molecule has 0 bridgehead atoms. The maximum Gasteiger partial charge on any atom is 0.0652 e. The van der Waals surface area contributed by atoms with Crippen molar-refractivity contribution in [3.8, 4) is 0 Å². The second-order valence-electron chi connectivity index (χ2n) is 6.14. The van der Waals surface area contributed by atoms with Gasteiger partial charge in [0.2, 0.25) is 0 Å². The maximum absolute atomic E-state index is 5.47. The van der Waals surface area contributed by atoms with E-state index < -0.39 is 0 Å². The molecule has 0 amide bonds. The Balaban J connectivity index is 1.71. The Morgan fingerprint density at radius 2 is 2.12 bits per heavy atom. The second-order valence-corrected chi connectivity index (χ2v) is 6.14. The van der Waals surface area contributed by atoms with E-state index in [9.17, 15) is 0 Å². The SMILES string of the molecule is COC1CC(NCC(C)C2CNC2)C1(C)C. The van der Waals surface area contributed by atoms with Crippen molar-refractivity contribution < 1.29 is 4.74 Å². The van der Waals surface area contributed by atoms with Gasteiger partial charge in [0.25, 0.3) is 0 Å². The number of nitrogens with one attached hydrogen (secondary N) is 2. The molecule has 2 N–H and O–H groups in total. The molecular formula is C13H26N2O. The third-order valence-corrected chi connectivity index (χ3v) is 4.77. The Morgan fingerprint density at radius 1 is 1.44 bits per heavy atom. The molecule has 0 radical (unpaired) electrons. The molecule has 0 aromatic carbocycles. The van der Waals surface area contributed by atoms with Crippen LogP contribution in [0.2, 0.25) is 0 Å². The van der Waals surface area contributed by atoms with Gasteiger partial charge in [0.15, 0.2) is 0 Å². The average Bonchev–Trinajstić information content (AvgIpc) is 2.13. The summed E-state index contributed by atoms with van der Waals surface area (Å²) in [6.07, 6.45) is 1.60. The largest absolute Gasteiger partial charge is 0.381 e. The number of hydrogen-bond acceptors (Lipinski definition) is 3. The van der Waals surface area contributed by atoms with Crippen molar-refractivity contribution in [2.75, 3.05) is 26.7 Å². The number of ether oxygens (including phenoxy) is 1. The van der Waals surface area contributed by atoms with Crippen LogP contribution in [0, 0.1) is 17.3 Å². The van der Waals surface area contributed by atoms with Gasteiger partial charge in [-0.3, -0.25) is 0 Å². The molecule has 94 valence electrons. The van der Waals surface area contributed by atoms with Crippen molar-refractivity contribution in [1.82, 2.24) is 10.6 Å². The molecular weight excluding hydrogens is 200 g/mol. The van der Waals surface area contributed by atoms with Gasteiger partial charge in [-0.25, -0.2) is 0 Å². The summed E-state index contributed by atoms with van der Waals surface area (Å²) in [5.41, 5.74) is 0.298. The van der Waals surface area contributed by atoms with E-state index in [1.54, 1.807) is 0 Å². The van der Waals surface area contributed by atoms with Crippen LogP contribution in [0.4, 0.5) is 0 Å². The second kappa shape index (κ2) is 4.63. The van der Waals surface area contributed by atoms with Crippen molar-refractivity contribution in [3.63, 3.8) is 0 Å². The first-order valence-electron chi connectivity index (χ1n) is 6.52. The quantitative estimate of drug-likeness (QED) is 0.740. The minimum absolute atomic E-state index is 0.298. The van der Waals surface area contributed by atoms with Gasteiger partial charge in [-0.05, 0) is 37.9 Å². The number of hydrogen-bond donors (Lipinski definition) is 2. The van der Waals surface area contributed by atoms with Crippen LogP contribution in [-0.4, -0.2) is 38.9 Å². The standard InChI is InChI=1S/C13H26N2O/c1-9(10-7-14-8-10)6-15-11-5-12(16-4)13(11,2)3/h9-12,14-15H,5-8H2,1-4H3. The molecule has 2 rings (SSSR count). The molecule has 1 saturated carbocycles. The lowest BCUT2D eigenvalue weighted by Gasteiger charge is -2.52. The zero-order chi connectivity index (χ0) is 11.8. The van der Waals surface area contributed by atoms with Crippen LogP contribution < -0.4 is 10.6 Å². The fourth-order valence-electron chi connectivity index (χ4n) is 2.84. The van der Waals surface area contributed by atoms with Crippen molar-refractivity contribution in [2.24, 2.45) is 17.3 Å². The minimum atomic E-state index is 0.298. The molecule has 1 heterocycles. The van der Waals surface area contributed by atoms with Crippen molar-refractivity contribution in [3.05, 3.63) is 0 Å². The molecule has 2 aliphatic rings. The van der Waals surface area contributed by atoms with Gasteiger partial charge in [-0.15, -0.1) is 0 Å². The summed E-state index contributed by atoms with van der Waals surface area (Å²) in [5, 5.41) is 7.06. The summed E-state index contributed by atoms with van der Waals surface area (Å²) < 4.78 is 5.47. The molecule has 0 aromatic heterocycles. The van der Waals surface area contributed by atoms with Gasteiger partial charge in [0.1, 0.15) is 0 Å². The zero-order valence-electron chi connectivity index (χ0n) is 11.0. The smallest absolute Gasteiger partial charge is 0.0652 e. The lowest BCUT2D eigenvalue weighted by Crippen LogP contribution is -2.61. The fourth-order valence-corrected chi connectivity index (χ4v) is 2.84. The summed E-state index contributed by atoms with van der Waals surface area (Å²) >= 11 is 0. The first kappa shape index (κ1) is 12.3. The molecule has 1 aliphatic carbocycles. The summed E-state index contributed by atoms with van der Waals surface area (Å²) in [4.78, 5) is 0. The first-order valence-corrected chi connectivity index (χ1v) is 6.52. The maximum atomic E-state index is 5.47. The summed E-state index contributed by atoms with van der Waals surface area (Å²) in [5.74, 6) is 1.67. The van der Waals surface area contributed by atoms with E-state index in [1.165, 1.54) is 19.5 Å². The van der Waals surface area contributed by atoms with E-state index in [4.69, 9.17) is 4.74 Å². The van der Waals surface area contributed by atoms with Gasteiger partial charge in [-0.2, -0.15) is 0 Å². The van der Waals surface area contributed by atoms with Crippen LogP contribution in [0.15, 0.2) is 0 Å². The zero-order valence-corrected chi connectivity index (χ0v) is 11.0. The van der Waals surface area contributed by atoms with Gasteiger partial charge < -0.3 is 15.4 Å². The highest BCUT2D eigenvalue weighted by Gasteiger charge is 2.48. The highest BCUT2D eigenvalue weighted by Crippen LogP contribution is 2.42. The molecule has 3 heteroatoms. The Kier molecular flexibility index (Phi) is 3.57.